The van der Waals surface area contributed by atoms with E-state index in [0.717, 1.165) is 6.07 Å². The molecule has 1 rings (SSSR count). The van der Waals surface area contributed by atoms with E-state index in [-0.39, 0.29) is 11.3 Å². The first kappa shape index (κ1) is 10.5. The largest absolute Gasteiger partial charge is 0.417 e. The Morgan fingerprint density at radius 1 is 1.50 bits per heavy atom. The molecule has 2 N–H and O–H groups in total. The van der Waals surface area contributed by atoms with Gasteiger partial charge < -0.3 is 5.73 Å². The van der Waals surface area contributed by atoms with Crippen LogP contribution >= 0.6 is 0 Å². The molecule has 0 aliphatic carbocycles. The highest BCUT2D eigenvalue weighted by Crippen LogP contribution is 2.29. The lowest BCUT2D eigenvalue weighted by molar-refractivity contribution is -0.137. The normalized spacial score (nSPS) is 11.4. The first-order valence-electron chi connectivity index (χ1n) is 3.66. The minimum Gasteiger partial charge on any atom is -0.364 e. The predicted molar refractivity (Wildman–Crippen MR) is 42.5 cm³/mol. The van der Waals surface area contributed by atoms with Gasteiger partial charge in [-0.3, -0.25) is 9.78 Å². The van der Waals surface area contributed by atoms with E-state index in [1.165, 1.54) is 6.92 Å². The molecule has 1 aromatic rings. The Morgan fingerprint density at radius 3 is 2.43 bits per heavy atom. The van der Waals surface area contributed by atoms with Crippen molar-refractivity contribution < 1.29 is 18.0 Å². The summed E-state index contributed by atoms with van der Waals surface area (Å²) in [7, 11) is 0. The molecule has 3 nitrogen and oxygen atoms in total. The number of pyridine rings is 1. The van der Waals surface area contributed by atoms with Gasteiger partial charge in [-0.05, 0) is 18.6 Å². The van der Waals surface area contributed by atoms with Gasteiger partial charge in [0.05, 0.1) is 5.56 Å². The van der Waals surface area contributed by atoms with Crippen molar-refractivity contribution in [2.75, 3.05) is 0 Å². The molecule has 14 heavy (non-hydrogen) atoms. The summed E-state index contributed by atoms with van der Waals surface area (Å²) in [4.78, 5) is 14.0. The molecule has 0 aliphatic rings. The molecule has 1 amide bonds. The molecule has 1 heterocycles. The highest BCUT2D eigenvalue weighted by Gasteiger charge is 2.31. The Labute approximate surface area is 77.7 Å². The van der Waals surface area contributed by atoms with E-state index in [9.17, 15) is 18.0 Å². The molecule has 0 aliphatic heterocycles. The topological polar surface area (TPSA) is 56.0 Å². The lowest BCUT2D eigenvalue weighted by atomic mass is 10.1. The third kappa shape index (κ3) is 2.01. The van der Waals surface area contributed by atoms with Crippen LogP contribution in [0.5, 0.6) is 0 Å². The van der Waals surface area contributed by atoms with Gasteiger partial charge in [0.25, 0.3) is 5.91 Å². The average molecular weight is 204 g/mol. The lowest BCUT2D eigenvalue weighted by Gasteiger charge is -2.07. The van der Waals surface area contributed by atoms with E-state index >= 15 is 0 Å². The molecule has 1 aromatic heterocycles. The highest BCUT2D eigenvalue weighted by atomic mass is 19.4. The van der Waals surface area contributed by atoms with Crippen LogP contribution in [0.3, 0.4) is 0 Å². The molecule has 0 atom stereocenters. The van der Waals surface area contributed by atoms with Crippen LogP contribution in [-0.4, -0.2) is 10.9 Å². The van der Waals surface area contributed by atoms with E-state index < -0.39 is 17.6 Å². The van der Waals surface area contributed by atoms with Gasteiger partial charge in [0.2, 0.25) is 0 Å². The molecule has 0 aromatic carbocycles. The number of hydrogen-bond acceptors (Lipinski definition) is 2. The number of hydrogen-bond donors (Lipinski definition) is 1. The number of halogens is 3. The Hall–Kier alpha value is -1.59. The molecule has 0 fully saturated rings. The van der Waals surface area contributed by atoms with Gasteiger partial charge in [-0.25, -0.2) is 0 Å². The summed E-state index contributed by atoms with van der Waals surface area (Å²) < 4.78 is 36.4. The second kappa shape index (κ2) is 3.28. The maximum atomic E-state index is 12.1. The maximum absolute atomic E-state index is 12.1. The summed E-state index contributed by atoms with van der Waals surface area (Å²) in [5, 5.41) is 0. The van der Waals surface area contributed by atoms with Crippen LogP contribution in [0.1, 0.15) is 21.6 Å². The summed E-state index contributed by atoms with van der Waals surface area (Å²) in [5.74, 6) is -0.837. The third-order valence-electron chi connectivity index (χ3n) is 1.64. The fraction of sp³-hybridized carbons (Fsp3) is 0.250. The number of rotatable bonds is 1. The Bertz CT molecular complexity index is 373. The number of primary amides is 1. The minimum atomic E-state index is -4.45. The molecule has 0 bridgehead atoms. The van der Waals surface area contributed by atoms with Crippen molar-refractivity contribution in [3.05, 3.63) is 29.1 Å². The molecule has 0 saturated heterocycles. The number of alkyl halides is 3. The number of carbonyl (C=O) groups is 1. The zero-order valence-electron chi connectivity index (χ0n) is 7.22. The van der Waals surface area contributed by atoms with Crippen molar-refractivity contribution in [2.45, 2.75) is 13.1 Å². The van der Waals surface area contributed by atoms with E-state index in [2.05, 4.69) is 4.98 Å². The minimum absolute atomic E-state index is 0.118. The quantitative estimate of drug-likeness (QED) is 0.753. The van der Waals surface area contributed by atoms with Gasteiger partial charge in [0.15, 0.2) is 0 Å². The van der Waals surface area contributed by atoms with Gasteiger partial charge in [0, 0.05) is 6.20 Å². The van der Waals surface area contributed by atoms with Crippen LogP contribution in [-0.2, 0) is 6.18 Å². The monoisotopic (exact) mass is 204 g/mol. The van der Waals surface area contributed by atoms with Crippen molar-refractivity contribution >= 4 is 5.91 Å². The van der Waals surface area contributed by atoms with Crippen molar-refractivity contribution in [1.82, 2.24) is 4.98 Å². The third-order valence-corrected chi connectivity index (χ3v) is 1.64. The van der Waals surface area contributed by atoms with Crippen LogP contribution in [0.25, 0.3) is 0 Å². The van der Waals surface area contributed by atoms with E-state index in [1.54, 1.807) is 0 Å². The molecule has 0 unspecified atom stereocenters. The lowest BCUT2D eigenvalue weighted by Crippen LogP contribution is -2.16. The van der Waals surface area contributed by atoms with Gasteiger partial charge in [-0.1, -0.05) is 0 Å². The number of carbonyl (C=O) groups excluding carboxylic acids is 1. The standard InChI is InChI=1S/C8H7F3N2O/c1-4-2-5(8(9,10)11)3-13-6(4)7(12)14/h2-3H,1H3,(H2,12,14). The van der Waals surface area contributed by atoms with Crippen LogP contribution in [0.15, 0.2) is 12.3 Å². The van der Waals surface area contributed by atoms with Crippen LogP contribution in [0, 0.1) is 6.92 Å². The highest BCUT2D eigenvalue weighted by molar-refractivity contribution is 5.92. The average Bonchev–Trinajstić information content (AvgIpc) is 2.01. The zero-order valence-corrected chi connectivity index (χ0v) is 7.22. The number of aromatic nitrogens is 1. The van der Waals surface area contributed by atoms with Gasteiger partial charge in [0.1, 0.15) is 5.69 Å². The summed E-state index contributed by atoms with van der Waals surface area (Å²) >= 11 is 0. The fourth-order valence-corrected chi connectivity index (χ4v) is 0.988. The summed E-state index contributed by atoms with van der Waals surface area (Å²) in [6.07, 6.45) is -3.86. The van der Waals surface area contributed by atoms with Crippen molar-refractivity contribution in [3.8, 4) is 0 Å². The SMILES string of the molecule is Cc1cc(C(F)(F)F)cnc1C(N)=O. The molecule has 0 radical (unpaired) electrons. The second-order valence-electron chi connectivity index (χ2n) is 2.75. The van der Waals surface area contributed by atoms with Gasteiger partial charge >= 0.3 is 6.18 Å². The Kier molecular flexibility index (Phi) is 2.46. The van der Waals surface area contributed by atoms with Crippen LogP contribution < -0.4 is 5.73 Å². The number of aryl methyl sites for hydroxylation is 1. The first-order chi connectivity index (χ1) is 6.32. The van der Waals surface area contributed by atoms with Gasteiger partial charge in [-0.2, -0.15) is 13.2 Å². The van der Waals surface area contributed by atoms with Crippen molar-refractivity contribution in [3.63, 3.8) is 0 Å². The molecule has 6 heteroatoms. The Balaban J connectivity index is 3.20. The second-order valence-corrected chi connectivity index (χ2v) is 2.75. The van der Waals surface area contributed by atoms with Gasteiger partial charge in [-0.15, -0.1) is 0 Å². The first-order valence-corrected chi connectivity index (χ1v) is 3.66. The van der Waals surface area contributed by atoms with E-state index in [0.29, 0.717) is 6.20 Å². The predicted octanol–water partition coefficient (Wildman–Crippen LogP) is 1.51. The van der Waals surface area contributed by atoms with E-state index in [1.807, 2.05) is 0 Å². The molecule has 0 saturated carbocycles. The summed E-state index contributed by atoms with van der Waals surface area (Å²) in [6.45, 7) is 1.35. The van der Waals surface area contributed by atoms with Crippen LogP contribution in [0.4, 0.5) is 13.2 Å². The molecule has 0 spiro atoms. The van der Waals surface area contributed by atoms with Crippen molar-refractivity contribution in [1.29, 1.82) is 0 Å². The van der Waals surface area contributed by atoms with E-state index in [4.69, 9.17) is 5.73 Å². The fourth-order valence-electron chi connectivity index (χ4n) is 0.988. The number of nitrogens with zero attached hydrogens (tertiary/aromatic N) is 1. The molecule has 76 valence electrons. The summed E-state index contributed by atoms with van der Waals surface area (Å²) in [6, 6.07) is 0.840. The Morgan fingerprint density at radius 2 is 2.07 bits per heavy atom. The molecular weight excluding hydrogens is 197 g/mol. The number of amides is 1. The smallest absolute Gasteiger partial charge is 0.364 e. The number of nitrogens with two attached hydrogens (primary N) is 1. The molecular formula is C8H7F3N2O. The zero-order chi connectivity index (χ0) is 10.9. The van der Waals surface area contributed by atoms with Crippen molar-refractivity contribution in [2.24, 2.45) is 5.73 Å². The maximum Gasteiger partial charge on any atom is 0.417 e. The summed E-state index contributed by atoms with van der Waals surface area (Å²) in [5.41, 5.74) is 3.98. The van der Waals surface area contributed by atoms with Crippen LogP contribution in [0.2, 0.25) is 0 Å².